The highest BCUT2D eigenvalue weighted by Gasteiger charge is 2.32. The Morgan fingerprint density at radius 1 is 1.31 bits per heavy atom. The van der Waals surface area contributed by atoms with Gasteiger partial charge in [0.2, 0.25) is 15.9 Å². The summed E-state index contributed by atoms with van der Waals surface area (Å²) in [6, 6.07) is 8.26. The number of nitrogens with one attached hydrogen (secondary N) is 1. The molecule has 2 heterocycles. The monoisotopic (exact) mass is 396 g/mol. The quantitative estimate of drug-likeness (QED) is 0.842. The van der Waals surface area contributed by atoms with E-state index in [4.69, 9.17) is 16.0 Å². The van der Waals surface area contributed by atoms with E-state index in [9.17, 15) is 13.2 Å². The molecule has 26 heavy (non-hydrogen) atoms. The van der Waals surface area contributed by atoms with E-state index in [1.807, 2.05) is 0 Å². The van der Waals surface area contributed by atoms with Gasteiger partial charge in [0.1, 0.15) is 5.76 Å². The van der Waals surface area contributed by atoms with E-state index >= 15 is 0 Å². The molecular formula is C18H21ClN2O4S. The van der Waals surface area contributed by atoms with Crippen LogP contribution in [0.3, 0.4) is 0 Å². The SMILES string of the molecule is Cc1cc(S(=O)(=O)N2CCC(C(=O)NCc3ccco3)CC2)ccc1Cl. The molecule has 0 unspecified atom stereocenters. The highest BCUT2D eigenvalue weighted by Crippen LogP contribution is 2.26. The number of hydrogen-bond donors (Lipinski definition) is 1. The van der Waals surface area contributed by atoms with E-state index in [-0.39, 0.29) is 16.7 Å². The lowest BCUT2D eigenvalue weighted by molar-refractivity contribution is -0.126. The van der Waals surface area contributed by atoms with Crippen molar-refractivity contribution >= 4 is 27.5 Å². The maximum atomic E-state index is 12.8. The average molecular weight is 397 g/mol. The molecule has 8 heteroatoms. The van der Waals surface area contributed by atoms with Crippen molar-refractivity contribution < 1.29 is 17.6 Å². The summed E-state index contributed by atoms with van der Waals surface area (Å²) in [6.45, 7) is 2.76. The van der Waals surface area contributed by atoms with Crippen LogP contribution in [0, 0.1) is 12.8 Å². The largest absolute Gasteiger partial charge is 0.467 e. The number of carbonyl (C=O) groups excluding carboxylic acids is 1. The van der Waals surface area contributed by atoms with Crippen molar-refractivity contribution in [1.82, 2.24) is 9.62 Å². The van der Waals surface area contributed by atoms with Crippen molar-refractivity contribution in [2.75, 3.05) is 13.1 Å². The van der Waals surface area contributed by atoms with Gasteiger partial charge in [0.05, 0.1) is 17.7 Å². The number of hydrogen-bond acceptors (Lipinski definition) is 4. The van der Waals surface area contributed by atoms with Crippen LogP contribution in [0.25, 0.3) is 0 Å². The zero-order valence-electron chi connectivity index (χ0n) is 14.4. The minimum absolute atomic E-state index is 0.0687. The minimum Gasteiger partial charge on any atom is -0.467 e. The van der Waals surface area contributed by atoms with Crippen LogP contribution in [0.15, 0.2) is 45.9 Å². The molecule has 0 saturated carbocycles. The molecule has 1 aliphatic rings. The standard InChI is InChI=1S/C18H21ClN2O4S/c1-13-11-16(4-5-17(13)19)26(23,24)21-8-6-14(7-9-21)18(22)20-12-15-3-2-10-25-15/h2-5,10-11,14H,6-9,12H2,1H3,(H,20,22). The lowest BCUT2D eigenvalue weighted by Gasteiger charge is -2.30. The second-order valence-corrected chi connectivity index (χ2v) is 8.73. The van der Waals surface area contributed by atoms with Gasteiger partial charge >= 0.3 is 0 Å². The maximum Gasteiger partial charge on any atom is 0.243 e. The van der Waals surface area contributed by atoms with E-state index in [2.05, 4.69) is 5.32 Å². The molecule has 140 valence electrons. The molecule has 1 aromatic carbocycles. The van der Waals surface area contributed by atoms with Gasteiger partial charge in [-0.1, -0.05) is 11.6 Å². The number of rotatable bonds is 5. The lowest BCUT2D eigenvalue weighted by Crippen LogP contribution is -2.42. The Balaban J connectivity index is 1.58. The topological polar surface area (TPSA) is 79.6 Å². The smallest absolute Gasteiger partial charge is 0.243 e. The fourth-order valence-electron chi connectivity index (χ4n) is 3.02. The van der Waals surface area contributed by atoms with Gasteiger partial charge in [0, 0.05) is 24.0 Å². The zero-order chi connectivity index (χ0) is 18.7. The van der Waals surface area contributed by atoms with Crippen LogP contribution in [0.1, 0.15) is 24.2 Å². The van der Waals surface area contributed by atoms with E-state index in [0.717, 1.165) is 5.56 Å². The van der Waals surface area contributed by atoms with Gasteiger partial charge in [-0.25, -0.2) is 8.42 Å². The van der Waals surface area contributed by atoms with Crippen LogP contribution in [0.4, 0.5) is 0 Å². The van der Waals surface area contributed by atoms with Gasteiger partial charge < -0.3 is 9.73 Å². The van der Waals surface area contributed by atoms with Crippen LogP contribution in [-0.2, 0) is 21.4 Å². The molecule has 1 aromatic heterocycles. The van der Waals surface area contributed by atoms with Crippen molar-refractivity contribution in [1.29, 1.82) is 0 Å². The molecule has 0 spiro atoms. The molecule has 1 saturated heterocycles. The first-order chi connectivity index (χ1) is 12.4. The molecule has 0 radical (unpaired) electrons. The Morgan fingerprint density at radius 2 is 2.04 bits per heavy atom. The van der Waals surface area contributed by atoms with Crippen molar-refractivity contribution in [3.63, 3.8) is 0 Å². The number of benzene rings is 1. The average Bonchev–Trinajstić information content (AvgIpc) is 3.15. The summed E-state index contributed by atoms with van der Waals surface area (Å²) in [5, 5.41) is 3.38. The first-order valence-electron chi connectivity index (χ1n) is 8.44. The minimum atomic E-state index is -3.57. The molecule has 1 amide bonds. The Kier molecular flexibility index (Phi) is 5.70. The number of halogens is 1. The second kappa shape index (κ2) is 7.82. The molecule has 6 nitrogen and oxygen atoms in total. The third-order valence-electron chi connectivity index (χ3n) is 4.61. The normalized spacial score (nSPS) is 16.5. The van der Waals surface area contributed by atoms with Crippen molar-refractivity contribution in [2.45, 2.75) is 31.2 Å². The van der Waals surface area contributed by atoms with Crippen molar-refractivity contribution in [2.24, 2.45) is 5.92 Å². The van der Waals surface area contributed by atoms with Crippen LogP contribution >= 0.6 is 11.6 Å². The highest BCUT2D eigenvalue weighted by molar-refractivity contribution is 7.89. The summed E-state index contributed by atoms with van der Waals surface area (Å²) < 4.78 is 32.2. The summed E-state index contributed by atoms with van der Waals surface area (Å²) in [6.07, 6.45) is 2.55. The van der Waals surface area contributed by atoms with Gasteiger partial charge in [0.15, 0.2) is 0 Å². The molecule has 1 aliphatic heterocycles. The van der Waals surface area contributed by atoms with E-state index in [0.29, 0.717) is 43.3 Å². The van der Waals surface area contributed by atoms with Crippen LogP contribution in [0.2, 0.25) is 5.02 Å². The van der Waals surface area contributed by atoms with Gasteiger partial charge in [0.25, 0.3) is 0 Å². The first kappa shape index (κ1) is 18.9. The van der Waals surface area contributed by atoms with Gasteiger partial charge in [-0.2, -0.15) is 4.31 Å². The number of furan rings is 1. The van der Waals surface area contributed by atoms with E-state index in [1.54, 1.807) is 37.5 Å². The molecule has 0 aliphatic carbocycles. The molecule has 1 fully saturated rings. The third-order valence-corrected chi connectivity index (χ3v) is 6.93. The first-order valence-corrected chi connectivity index (χ1v) is 10.3. The molecule has 0 atom stereocenters. The number of aryl methyl sites for hydroxylation is 1. The summed E-state index contributed by atoms with van der Waals surface area (Å²) in [5.74, 6) is 0.431. The predicted molar refractivity (Wildman–Crippen MR) is 98.2 cm³/mol. The fourth-order valence-corrected chi connectivity index (χ4v) is 4.69. The Bertz CT molecular complexity index is 873. The molecule has 2 aromatic rings. The Hall–Kier alpha value is -1.83. The molecule has 3 rings (SSSR count). The highest BCUT2D eigenvalue weighted by atomic mass is 35.5. The van der Waals surface area contributed by atoms with Crippen LogP contribution in [0.5, 0.6) is 0 Å². The Labute approximate surface area is 158 Å². The number of nitrogens with zero attached hydrogens (tertiary/aromatic N) is 1. The summed E-state index contributed by atoms with van der Waals surface area (Å²) >= 11 is 5.98. The summed E-state index contributed by atoms with van der Waals surface area (Å²) in [4.78, 5) is 12.5. The van der Waals surface area contributed by atoms with E-state index < -0.39 is 10.0 Å². The number of carbonyl (C=O) groups is 1. The maximum absolute atomic E-state index is 12.8. The number of sulfonamides is 1. The van der Waals surface area contributed by atoms with Gasteiger partial charge in [-0.3, -0.25) is 4.79 Å². The zero-order valence-corrected chi connectivity index (χ0v) is 16.0. The molecular weight excluding hydrogens is 376 g/mol. The Morgan fingerprint density at radius 3 is 2.65 bits per heavy atom. The fraction of sp³-hybridized carbons (Fsp3) is 0.389. The summed E-state index contributed by atoms with van der Waals surface area (Å²) in [7, 11) is -3.57. The van der Waals surface area contributed by atoms with Crippen LogP contribution < -0.4 is 5.32 Å². The summed E-state index contributed by atoms with van der Waals surface area (Å²) in [5.41, 5.74) is 0.722. The number of amides is 1. The van der Waals surface area contributed by atoms with Crippen LogP contribution in [-0.4, -0.2) is 31.7 Å². The third kappa shape index (κ3) is 4.11. The second-order valence-electron chi connectivity index (χ2n) is 6.39. The van der Waals surface area contributed by atoms with Gasteiger partial charge in [-0.15, -0.1) is 0 Å². The van der Waals surface area contributed by atoms with Crippen molar-refractivity contribution in [3.8, 4) is 0 Å². The molecule has 0 bridgehead atoms. The molecule has 1 N–H and O–H groups in total. The predicted octanol–water partition coefficient (Wildman–Crippen LogP) is 2.96. The van der Waals surface area contributed by atoms with E-state index in [1.165, 1.54) is 10.4 Å². The number of piperidine rings is 1. The lowest BCUT2D eigenvalue weighted by atomic mass is 9.97. The van der Waals surface area contributed by atoms with Crippen molar-refractivity contribution in [3.05, 3.63) is 52.9 Å². The van der Waals surface area contributed by atoms with Gasteiger partial charge in [-0.05, 0) is 55.7 Å².